The van der Waals surface area contributed by atoms with Gasteiger partial charge in [0.1, 0.15) is 6.10 Å². The van der Waals surface area contributed by atoms with Crippen LogP contribution in [0.3, 0.4) is 0 Å². The molecule has 0 amide bonds. The molecule has 0 heterocycles. The molecule has 4 fully saturated rings. The van der Waals surface area contributed by atoms with Crippen LogP contribution in [0.1, 0.15) is 104 Å². The first-order valence-corrected chi connectivity index (χ1v) is 13.3. The second-order valence-electron chi connectivity index (χ2n) is 12.0. The Balaban J connectivity index is 1.37. The van der Waals surface area contributed by atoms with Crippen LogP contribution < -0.4 is 0 Å². The van der Waals surface area contributed by atoms with Gasteiger partial charge < -0.3 is 14.9 Å². The first-order valence-electron chi connectivity index (χ1n) is 13.3. The summed E-state index contributed by atoms with van der Waals surface area (Å²) in [6, 6.07) is 0. The highest BCUT2D eigenvalue weighted by atomic mass is 16.5. The zero-order valence-corrected chi connectivity index (χ0v) is 20.4. The van der Waals surface area contributed by atoms with E-state index in [1.165, 1.54) is 38.5 Å². The summed E-state index contributed by atoms with van der Waals surface area (Å²) in [5.74, 6) is 1.56. The van der Waals surface area contributed by atoms with E-state index >= 15 is 0 Å². The van der Waals surface area contributed by atoms with Gasteiger partial charge in [0.2, 0.25) is 0 Å². The Morgan fingerprint density at radius 2 is 1.52 bits per heavy atom. The number of ether oxygens (including phenoxy) is 1. The van der Waals surface area contributed by atoms with Crippen LogP contribution in [0.5, 0.6) is 0 Å². The highest BCUT2D eigenvalue weighted by Crippen LogP contribution is 2.68. The van der Waals surface area contributed by atoms with Gasteiger partial charge in [0.15, 0.2) is 0 Å². The molecular formula is C27H42O6. The van der Waals surface area contributed by atoms with Crippen molar-refractivity contribution in [3.05, 3.63) is 0 Å². The van der Waals surface area contributed by atoms with Crippen molar-refractivity contribution in [2.24, 2.45) is 40.4 Å². The fraction of sp³-hybridized carbons (Fsp3) is 0.889. The summed E-state index contributed by atoms with van der Waals surface area (Å²) in [6.45, 7) is 5.01. The van der Waals surface area contributed by atoms with Crippen LogP contribution in [0.15, 0.2) is 0 Å². The lowest BCUT2D eigenvalue weighted by Gasteiger charge is -2.61. The number of carboxylic acids is 2. The Morgan fingerprint density at radius 3 is 2.24 bits per heavy atom. The normalized spacial score (nSPS) is 42.0. The molecule has 4 saturated carbocycles. The van der Waals surface area contributed by atoms with Gasteiger partial charge in [-0.15, -0.1) is 0 Å². The van der Waals surface area contributed by atoms with Gasteiger partial charge in [0.25, 0.3) is 0 Å². The maximum absolute atomic E-state index is 12.1. The Labute approximate surface area is 197 Å². The minimum Gasteiger partial charge on any atom is -0.481 e. The summed E-state index contributed by atoms with van der Waals surface area (Å²) < 4.78 is 5.68. The Hall–Kier alpha value is -1.59. The molecule has 6 heteroatoms. The smallest absolute Gasteiger partial charge is 0.306 e. The van der Waals surface area contributed by atoms with Gasteiger partial charge in [-0.3, -0.25) is 14.4 Å². The molecule has 0 aromatic rings. The minimum absolute atomic E-state index is 0.0354. The third kappa shape index (κ3) is 4.81. The van der Waals surface area contributed by atoms with Gasteiger partial charge in [0.05, 0.1) is 12.8 Å². The molecule has 0 aromatic carbocycles. The van der Waals surface area contributed by atoms with E-state index < -0.39 is 11.9 Å². The van der Waals surface area contributed by atoms with Gasteiger partial charge in [-0.2, -0.15) is 0 Å². The fourth-order valence-corrected chi connectivity index (χ4v) is 8.86. The van der Waals surface area contributed by atoms with Gasteiger partial charge in [-0.25, -0.2) is 0 Å². The summed E-state index contributed by atoms with van der Waals surface area (Å²) in [6.07, 6.45) is 12.4. The summed E-state index contributed by atoms with van der Waals surface area (Å²) in [7, 11) is 0. The predicted octanol–water partition coefficient (Wildman–Crippen LogP) is 5.68. The monoisotopic (exact) mass is 462 g/mol. The molecule has 2 N–H and O–H groups in total. The first kappa shape index (κ1) is 24.5. The van der Waals surface area contributed by atoms with E-state index in [9.17, 15) is 14.4 Å². The number of rotatable bonds is 8. The van der Waals surface area contributed by atoms with Gasteiger partial charge in [-0.1, -0.05) is 13.8 Å². The van der Waals surface area contributed by atoms with E-state index in [4.69, 9.17) is 14.9 Å². The summed E-state index contributed by atoms with van der Waals surface area (Å²) in [5, 5.41) is 17.8. The van der Waals surface area contributed by atoms with Crippen LogP contribution in [0.25, 0.3) is 0 Å². The third-order valence-electron chi connectivity index (χ3n) is 10.6. The maximum atomic E-state index is 12.1. The average molecular weight is 463 g/mol. The van der Waals surface area contributed by atoms with Crippen molar-refractivity contribution in [3.8, 4) is 0 Å². The lowest BCUT2D eigenvalue weighted by molar-refractivity contribution is -0.163. The van der Waals surface area contributed by atoms with E-state index in [-0.39, 0.29) is 24.9 Å². The molecule has 0 aliphatic heterocycles. The average Bonchev–Trinajstić information content (AvgIpc) is 3.09. The summed E-state index contributed by atoms with van der Waals surface area (Å²) in [4.78, 5) is 33.8. The van der Waals surface area contributed by atoms with Crippen LogP contribution in [-0.2, 0) is 19.1 Å². The zero-order valence-electron chi connectivity index (χ0n) is 20.4. The number of fused-ring (bicyclic) bond motifs is 5. The molecule has 0 spiro atoms. The standard InChI is InChI=1S/C27H42O6/c1-26-15-13-22-20(21(26)9-7-17(26)4-3-5-23(28)29)8-6-18-16-19(12-14-27(18,22)2)33-25(32)11-10-24(30)31/h17-22H,3-16H2,1-2H3,(H,28,29)(H,30,31). The van der Waals surface area contributed by atoms with Crippen molar-refractivity contribution in [2.45, 2.75) is 110 Å². The molecule has 0 saturated heterocycles. The predicted molar refractivity (Wildman–Crippen MR) is 123 cm³/mol. The number of hydrogen-bond donors (Lipinski definition) is 2. The third-order valence-corrected chi connectivity index (χ3v) is 10.6. The van der Waals surface area contributed by atoms with Crippen LogP contribution >= 0.6 is 0 Å². The van der Waals surface area contributed by atoms with Crippen LogP contribution in [0.2, 0.25) is 0 Å². The Kier molecular flexibility index (Phi) is 7.12. The SMILES string of the molecule is CC12CCC3C(CCC4CC(OC(=O)CCC(=O)O)CCC43C)C1CCC2CCCC(=O)O. The highest BCUT2D eigenvalue weighted by molar-refractivity contribution is 5.76. The number of carboxylic acid groups (broad SMARTS) is 2. The number of carbonyl (C=O) groups is 3. The zero-order chi connectivity index (χ0) is 23.8. The Bertz CT molecular complexity index is 764. The molecule has 4 rings (SSSR count). The van der Waals surface area contributed by atoms with E-state index in [1.807, 2.05) is 0 Å². The van der Waals surface area contributed by atoms with Crippen molar-refractivity contribution in [2.75, 3.05) is 0 Å². The molecule has 6 nitrogen and oxygen atoms in total. The van der Waals surface area contributed by atoms with E-state index in [0.29, 0.717) is 29.1 Å². The molecule has 0 bridgehead atoms. The summed E-state index contributed by atoms with van der Waals surface area (Å²) >= 11 is 0. The number of esters is 1. The molecule has 4 aliphatic carbocycles. The molecule has 4 aliphatic rings. The van der Waals surface area contributed by atoms with Gasteiger partial charge in [-0.05, 0) is 111 Å². The van der Waals surface area contributed by atoms with Crippen molar-refractivity contribution in [3.63, 3.8) is 0 Å². The molecule has 33 heavy (non-hydrogen) atoms. The Morgan fingerprint density at radius 1 is 0.818 bits per heavy atom. The van der Waals surface area contributed by atoms with E-state index in [1.54, 1.807) is 0 Å². The second kappa shape index (κ2) is 9.58. The molecule has 8 atom stereocenters. The quantitative estimate of drug-likeness (QED) is 0.450. The van der Waals surface area contributed by atoms with Crippen LogP contribution in [0.4, 0.5) is 0 Å². The van der Waals surface area contributed by atoms with Gasteiger partial charge in [0, 0.05) is 6.42 Å². The van der Waals surface area contributed by atoms with Crippen molar-refractivity contribution in [1.29, 1.82) is 0 Å². The number of carbonyl (C=O) groups excluding carboxylic acids is 1. The summed E-state index contributed by atoms with van der Waals surface area (Å²) in [5.41, 5.74) is 0.690. The van der Waals surface area contributed by atoms with Gasteiger partial charge >= 0.3 is 17.9 Å². The maximum Gasteiger partial charge on any atom is 0.306 e. The van der Waals surface area contributed by atoms with Crippen molar-refractivity contribution < 1.29 is 29.3 Å². The van der Waals surface area contributed by atoms with Crippen LogP contribution in [-0.4, -0.2) is 34.2 Å². The number of aliphatic carboxylic acids is 2. The fourth-order valence-electron chi connectivity index (χ4n) is 8.86. The second-order valence-corrected chi connectivity index (χ2v) is 12.0. The largest absolute Gasteiger partial charge is 0.481 e. The molecular weight excluding hydrogens is 420 g/mol. The molecule has 186 valence electrons. The molecule has 8 unspecified atom stereocenters. The van der Waals surface area contributed by atoms with Crippen molar-refractivity contribution >= 4 is 17.9 Å². The van der Waals surface area contributed by atoms with Crippen LogP contribution in [0, 0.1) is 40.4 Å². The van der Waals surface area contributed by atoms with Crippen molar-refractivity contribution in [1.82, 2.24) is 0 Å². The first-order chi connectivity index (χ1) is 15.6. The lowest BCUT2D eigenvalue weighted by atomic mass is 9.44. The molecule has 0 aromatic heterocycles. The van der Waals surface area contributed by atoms with E-state index in [2.05, 4.69) is 13.8 Å². The topological polar surface area (TPSA) is 101 Å². The highest BCUT2D eigenvalue weighted by Gasteiger charge is 2.60. The minimum atomic E-state index is -0.957. The molecule has 0 radical (unpaired) electrons. The lowest BCUT2D eigenvalue weighted by Crippen LogP contribution is -2.54. The van der Waals surface area contributed by atoms with E-state index in [0.717, 1.165) is 49.9 Å². The number of hydrogen-bond acceptors (Lipinski definition) is 4.